The Balaban J connectivity index is 2.76. The standard InChI is InChI=1S/C23H36N6O6/c1-14(27-21(32)16(25)13-15-7-3-2-4-8-15)20(31)28-17(10-11-19(26)30)22(33)29-18(23(34)35)9-5-6-12-24/h2-4,7-8,14,16-18H,5-6,9-13,24-25H2,1H3,(H2,26,30)(H,27,32)(H,28,31)(H,29,33)(H,34,35). The lowest BCUT2D eigenvalue weighted by molar-refractivity contribution is -0.142. The van der Waals surface area contributed by atoms with E-state index in [9.17, 15) is 29.1 Å². The van der Waals surface area contributed by atoms with E-state index in [2.05, 4.69) is 16.0 Å². The fraction of sp³-hybridized carbons (Fsp3) is 0.522. The maximum Gasteiger partial charge on any atom is 0.326 e. The fourth-order valence-electron chi connectivity index (χ4n) is 3.22. The Labute approximate surface area is 204 Å². The normalized spacial score (nSPS) is 14.1. The van der Waals surface area contributed by atoms with Crippen molar-refractivity contribution in [3.05, 3.63) is 35.9 Å². The monoisotopic (exact) mass is 492 g/mol. The zero-order valence-corrected chi connectivity index (χ0v) is 19.9. The van der Waals surface area contributed by atoms with Gasteiger partial charge in [-0.15, -0.1) is 0 Å². The molecule has 4 unspecified atom stereocenters. The number of nitrogens with one attached hydrogen (secondary N) is 3. The first kappa shape index (κ1) is 29.5. The number of unbranched alkanes of at least 4 members (excludes halogenated alkanes) is 1. The minimum absolute atomic E-state index is 0.143. The Morgan fingerprint density at radius 1 is 0.886 bits per heavy atom. The molecule has 0 saturated carbocycles. The quantitative estimate of drug-likeness (QED) is 0.134. The van der Waals surface area contributed by atoms with Crippen LogP contribution in [0.15, 0.2) is 30.3 Å². The van der Waals surface area contributed by atoms with Gasteiger partial charge in [0.05, 0.1) is 6.04 Å². The number of rotatable bonds is 16. The number of carbonyl (C=O) groups excluding carboxylic acids is 4. The molecule has 12 heteroatoms. The molecule has 0 saturated heterocycles. The van der Waals surface area contributed by atoms with Crippen molar-refractivity contribution in [2.75, 3.05) is 6.54 Å². The van der Waals surface area contributed by atoms with Crippen molar-refractivity contribution in [2.24, 2.45) is 17.2 Å². The molecular weight excluding hydrogens is 456 g/mol. The highest BCUT2D eigenvalue weighted by Crippen LogP contribution is 2.05. The average molecular weight is 493 g/mol. The van der Waals surface area contributed by atoms with Crippen LogP contribution in [0.4, 0.5) is 0 Å². The van der Waals surface area contributed by atoms with E-state index in [1.54, 1.807) is 0 Å². The largest absolute Gasteiger partial charge is 0.480 e. The second-order valence-electron chi connectivity index (χ2n) is 8.28. The summed E-state index contributed by atoms with van der Waals surface area (Å²) >= 11 is 0. The van der Waals surface area contributed by atoms with Gasteiger partial charge in [0.1, 0.15) is 18.1 Å². The Bertz CT molecular complexity index is 865. The van der Waals surface area contributed by atoms with Gasteiger partial charge in [-0.3, -0.25) is 19.2 Å². The second-order valence-corrected chi connectivity index (χ2v) is 8.28. The summed E-state index contributed by atoms with van der Waals surface area (Å²) in [6.07, 6.45) is 1.14. The van der Waals surface area contributed by atoms with Crippen molar-refractivity contribution in [2.45, 2.75) is 69.6 Å². The molecule has 1 aromatic carbocycles. The molecule has 12 nitrogen and oxygen atoms in total. The first-order chi connectivity index (χ1) is 16.5. The van der Waals surface area contributed by atoms with E-state index >= 15 is 0 Å². The SMILES string of the molecule is CC(NC(=O)C(N)Cc1ccccc1)C(=O)NC(CCC(N)=O)C(=O)NC(CCCCN)C(=O)O. The van der Waals surface area contributed by atoms with Gasteiger partial charge in [-0.05, 0) is 51.1 Å². The van der Waals surface area contributed by atoms with Crippen LogP contribution >= 0.6 is 0 Å². The van der Waals surface area contributed by atoms with Gasteiger partial charge < -0.3 is 38.3 Å². The molecule has 0 radical (unpaired) electrons. The summed E-state index contributed by atoms with van der Waals surface area (Å²) in [5.41, 5.74) is 17.4. The Kier molecular flexibility index (Phi) is 13.0. The predicted molar refractivity (Wildman–Crippen MR) is 129 cm³/mol. The molecule has 0 aliphatic rings. The first-order valence-electron chi connectivity index (χ1n) is 11.5. The summed E-state index contributed by atoms with van der Waals surface area (Å²) in [5.74, 6) is -3.96. The number of nitrogens with two attached hydrogens (primary N) is 3. The van der Waals surface area contributed by atoms with Crippen LogP contribution in [0.1, 0.15) is 44.6 Å². The van der Waals surface area contributed by atoms with Crippen molar-refractivity contribution in [3.63, 3.8) is 0 Å². The molecule has 10 N–H and O–H groups in total. The van der Waals surface area contributed by atoms with Crippen LogP contribution in [-0.4, -0.2) is 65.4 Å². The van der Waals surface area contributed by atoms with E-state index in [-0.39, 0.29) is 25.7 Å². The third-order valence-corrected chi connectivity index (χ3v) is 5.26. The van der Waals surface area contributed by atoms with Gasteiger partial charge in [0.15, 0.2) is 0 Å². The molecule has 0 bridgehead atoms. The minimum Gasteiger partial charge on any atom is -0.480 e. The van der Waals surface area contributed by atoms with E-state index in [1.165, 1.54) is 6.92 Å². The molecule has 0 heterocycles. The first-order valence-corrected chi connectivity index (χ1v) is 11.5. The highest BCUT2D eigenvalue weighted by molar-refractivity contribution is 5.94. The van der Waals surface area contributed by atoms with Crippen molar-refractivity contribution in [3.8, 4) is 0 Å². The molecular formula is C23H36N6O6. The zero-order chi connectivity index (χ0) is 26.4. The third kappa shape index (κ3) is 11.5. The number of hydrogen-bond acceptors (Lipinski definition) is 7. The number of primary amides is 1. The molecule has 1 rings (SSSR count). The maximum absolute atomic E-state index is 12.7. The van der Waals surface area contributed by atoms with E-state index in [1.807, 2.05) is 30.3 Å². The molecule has 0 aliphatic carbocycles. The Hall–Kier alpha value is -3.51. The summed E-state index contributed by atoms with van der Waals surface area (Å²) in [7, 11) is 0. The lowest BCUT2D eigenvalue weighted by atomic mass is 10.1. The number of carboxylic acids is 1. The topological polar surface area (TPSA) is 220 Å². The minimum atomic E-state index is -1.23. The third-order valence-electron chi connectivity index (χ3n) is 5.26. The van der Waals surface area contributed by atoms with E-state index < -0.39 is 53.8 Å². The van der Waals surface area contributed by atoms with Crippen molar-refractivity contribution >= 4 is 29.6 Å². The maximum atomic E-state index is 12.7. The number of carboxylic acid groups (broad SMARTS) is 1. The van der Waals surface area contributed by atoms with Crippen molar-refractivity contribution in [1.29, 1.82) is 0 Å². The summed E-state index contributed by atoms with van der Waals surface area (Å²) < 4.78 is 0. The molecule has 194 valence electrons. The molecule has 0 aromatic heterocycles. The number of hydrogen-bond donors (Lipinski definition) is 7. The van der Waals surface area contributed by atoms with Crippen LogP contribution in [0, 0.1) is 0 Å². The van der Waals surface area contributed by atoms with Crippen molar-refractivity contribution in [1.82, 2.24) is 16.0 Å². The summed E-state index contributed by atoms with van der Waals surface area (Å²) in [6, 6.07) is 4.77. The average Bonchev–Trinajstić information content (AvgIpc) is 2.81. The molecule has 1 aromatic rings. The van der Waals surface area contributed by atoms with Crippen molar-refractivity contribution < 1.29 is 29.1 Å². The van der Waals surface area contributed by atoms with Crippen LogP contribution < -0.4 is 33.2 Å². The van der Waals surface area contributed by atoms with Gasteiger partial charge >= 0.3 is 5.97 Å². The van der Waals surface area contributed by atoms with Crippen LogP contribution in [0.5, 0.6) is 0 Å². The zero-order valence-electron chi connectivity index (χ0n) is 19.9. The Morgan fingerprint density at radius 3 is 2.09 bits per heavy atom. The fourth-order valence-corrected chi connectivity index (χ4v) is 3.22. The summed E-state index contributed by atoms with van der Waals surface area (Å²) in [4.78, 5) is 60.5. The highest BCUT2D eigenvalue weighted by atomic mass is 16.4. The van der Waals surface area contributed by atoms with Crippen LogP contribution in [0.2, 0.25) is 0 Å². The highest BCUT2D eigenvalue weighted by Gasteiger charge is 2.29. The number of carbonyl (C=O) groups is 5. The second kappa shape index (κ2) is 15.4. The molecule has 0 fully saturated rings. The lowest BCUT2D eigenvalue weighted by Crippen LogP contribution is -2.56. The van der Waals surface area contributed by atoms with Crippen LogP contribution in [-0.2, 0) is 30.4 Å². The Morgan fingerprint density at radius 2 is 1.51 bits per heavy atom. The molecule has 4 atom stereocenters. The molecule has 35 heavy (non-hydrogen) atoms. The van der Waals surface area contributed by atoms with Crippen LogP contribution in [0.25, 0.3) is 0 Å². The number of aliphatic carboxylic acids is 1. The smallest absolute Gasteiger partial charge is 0.326 e. The molecule has 4 amide bonds. The summed E-state index contributed by atoms with van der Waals surface area (Å²) in [5, 5.41) is 16.7. The van der Waals surface area contributed by atoms with E-state index in [0.717, 1.165) is 5.56 Å². The van der Waals surface area contributed by atoms with Gasteiger partial charge in [-0.25, -0.2) is 4.79 Å². The lowest BCUT2D eigenvalue weighted by Gasteiger charge is -2.23. The predicted octanol–water partition coefficient (Wildman–Crippen LogP) is -1.49. The summed E-state index contributed by atoms with van der Waals surface area (Å²) in [6.45, 7) is 1.80. The van der Waals surface area contributed by atoms with Gasteiger partial charge in [0.2, 0.25) is 23.6 Å². The van der Waals surface area contributed by atoms with E-state index in [4.69, 9.17) is 17.2 Å². The van der Waals surface area contributed by atoms with Gasteiger partial charge in [0.25, 0.3) is 0 Å². The van der Waals surface area contributed by atoms with Gasteiger partial charge in [-0.2, -0.15) is 0 Å². The van der Waals surface area contributed by atoms with Gasteiger partial charge in [-0.1, -0.05) is 30.3 Å². The molecule has 0 spiro atoms. The van der Waals surface area contributed by atoms with Gasteiger partial charge in [0, 0.05) is 6.42 Å². The van der Waals surface area contributed by atoms with Crippen LogP contribution in [0.3, 0.4) is 0 Å². The number of benzene rings is 1. The van der Waals surface area contributed by atoms with E-state index in [0.29, 0.717) is 19.4 Å². The molecule has 0 aliphatic heterocycles. The number of amides is 4.